The number of hydrogen-bond acceptors (Lipinski definition) is 3. The standard InChI is InChI=1S/C11H8BrCl2N3/c1-6-7(13)3-2-4-8(6)17-11-9(12)10(14)15-5-16-11/h2-5H,1H3,(H,15,16,17). The highest BCUT2D eigenvalue weighted by atomic mass is 79.9. The van der Waals surface area contributed by atoms with Crippen LogP contribution in [0.25, 0.3) is 0 Å². The molecule has 3 nitrogen and oxygen atoms in total. The minimum atomic E-state index is 0.363. The summed E-state index contributed by atoms with van der Waals surface area (Å²) in [5.74, 6) is 0.607. The Morgan fingerprint density at radius 2 is 2.00 bits per heavy atom. The Morgan fingerprint density at radius 3 is 2.76 bits per heavy atom. The molecule has 0 radical (unpaired) electrons. The first-order valence-electron chi connectivity index (χ1n) is 4.77. The molecule has 6 heteroatoms. The summed E-state index contributed by atoms with van der Waals surface area (Å²) in [5.41, 5.74) is 1.84. The van der Waals surface area contributed by atoms with Gasteiger partial charge in [0.15, 0.2) is 0 Å². The molecule has 0 fully saturated rings. The normalized spacial score (nSPS) is 10.4. The fraction of sp³-hybridized carbons (Fsp3) is 0.0909. The number of halogens is 3. The first-order valence-corrected chi connectivity index (χ1v) is 6.32. The summed E-state index contributed by atoms with van der Waals surface area (Å²) in [6, 6.07) is 5.63. The zero-order chi connectivity index (χ0) is 12.4. The molecule has 1 N–H and O–H groups in total. The summed E-state index contributed by atoms with van der Waals surface area (Å²) in [6.07, 6.45) is 1.40. The number of rotatable bonds is 2. The van der Waals surface area contributed by atoms with Gasteiger partial charge in [-0.25, -0.2) is 9.97 Å². The van der Waals surface area contributed by atoms with E-state index in [0.29, 0.717) is 20.5 Å². The zero-order valence-electron chi connectivity index (χ0n) is 8.84. The van der Waals surface area contributed by atoms with Crippen LogP contribution >= 0.6 is 39.1 Å². The minimum absolute atomic E-state index is 0.363. The summed E-state index contributed by atoms with van der Waals surface area (Å²) in [5, 5.41) is 4.22. The average Bonchev–Trinajstić information content (AvgIpc) is 2.31. The molecule has 2 aromatic rings. The topological polar surface area (TPSA) is 37.8 Å². The smallest absolute Gasteiger partial charge is 0.149 e. The lowest BCUT2D eigenvalue weighted by Crippen LogP contribution is -1.98. The van der Waals surface area contributed by atoms with Gasteiger partial charge in [0, 0.05) is 10.7 Å². The summed E-state index contributed by atoms with van der Waals surface area (Å²) in [6.45, 7) is 1.93. The van der Waals surface area contributed by atoms with Crippen molar-refractivity contribution in [1.82, 2.24) is 9.97 Å². The van der Waals surface area contributed by atoms with Crippen LogP contribution in [0, 0.1) is 6.92 Å². The zero-order valence-corrected chi connectivity index (χ0v) is 11.9. The van der Waals surface area contributed by atoms with Crippen molar-refractivity contribution in [3.8, 4) is 0 Å². The highest BCUT2D eigenvalue weighted by Crippen LogP contribution is 2.31. The lowest BCUT2D eigenvalue weighted by molar-refractivity contribution is 1.15. The van der Waals surface area contributed by atoms with E-state index in [1.54, 1.807) is 0 Å². The van der Waals surface area contributed by atoms with Crippen LogP contribution in [0.15, 0.2) is 29.0 Å². The largest absolute Gasteiger partial charge is 0.339 e. The second kappa shape index (κ2) is 5.21. The van der Waals surface area contributed by atoms with Crippen LogP contribution in [0.2, 0.25) is 10.2 Å². The third kappa shape index (κ3) is 2.70. The molecular weight excluding hydrogens is 325 g/mol. The molecule has 1 heterocycles. The van der Waals surface area contributed by atoms with Crippen LogP contribution in [0.5, 0.6) is 0 Å². The molecule has 0 aliphatic heterocycles. The van der Waals surface area contributed by atoms with Gasteiger partial charge in [0.05, 0.1) is 4.47 Å². The summed E-state index contributed by atoms with van der Waals surface area (Å²) < 4.78 is 0.626. The van der Waals surface area contributed by atoms with E-state index in [1.807, 2.05) is 25.1 Å². The van der Waals surface area contributed by atoms with E-state index in [9.17, 15) is 0 Å². The van der Waals surface area contributed by atoms with E-state index < -0.39 is 0 Å². The van der Waals surface area contributed by atoms with Crippen LogP contribution in [0.3, 0.4) is 0 Å². The molecule has 17 heavy (non-hydrogen) atoms. The van der Waals surface area contributed by atoms with Gasteiger partial charge in [-0.15, -0.1) is 0 Å². The van der Waals surface area contributed by atoms with Gasteiger partial charge in [-0.3, -0.25) is 0 Å². The van der Waals surface area contributed by atoms with Crippen molar-refractivity contribution in [3.05, 3.63) is 44.7 Å². The molecule has 0 aliphatic rings. The SMILES string of the molecule is Cc1c(Cl)cccc1Nc1ncnc(Cl)c1Br. The van der Waals surface area contributed by atoms with E-state index in [4.69, 9.17) is 23.2 Å². The van der Waals surface area contributed by atoms with Gasteiger partial charge in [-0.05, 0) is 40.5 Å². The molecule has 0 amide bonds. The van der Waals surface area contributed by atoms with Crippen LogP contribution in [-0.4, -0.2) is 9.97 Å². The lowest BCUT2D eigenvalue weighted by atomic mass is 10.2. The second-order valence-electron chi connectivity index (χ2n) is 3.36. The molecule has 0 unspecified atom stereocenters. The monoisotopic (exact) mass is 331 g/mol. The molecule has 0 aliphatic carbocycles. The Hall–Kier alpha value is -0.840. The van der Waals surface area contributed by atoms with E-state index >= 15 is 0 Å². The Labute approximate surface area is 117 Å². The van der Waals surface area contributed by atoms with Gasteiger partial charge in [-0.2, -0.15) is 0 Å². The summed E-state index contributed by atoms with van der Waals surface area (Å²) in [7, 11) is 0. The number of aromatic nitrogens is 2. The molecule has 0 saturated carbocycles. The van der Waals surface area contributed by atoms with E-state index in [2.05, 4.69) is 31.2 Å². The van der Waals surface area contributed by atoms with Crippen LogP contribution in [-0.2, 0) is 0 Å². The van der Waals surface area contributed by atoms with Crippen molar-refractivity contribution in [2.45, 2.75) is 6.92 Å². The van der Waals surface area contributed by atoms with Crippen molar-refractivity contribution in [1.29, 1.82) is 0 Å². The van der Waals surface area contributed by atoms with Gasteiger partial charge < -0.3 is 5.32 Å². The Bertz CT molecular complexity index is 511. The molecular formula is C11H8BrCl2N3. The molecule has 0 saturated heterocycles. The van der Waals surface area contributed by atoms with Crippen molar-refractivity contribution in [2.24, 2.45) is 0 Å². The van der Waals surface area contributed by atoms with Gasteiger partial charge in [0.2, 0.25) is 0 Å². The Morgan fingerprint density at radius 1 is 1.24 bits per heavy atom. The first kappa shape index (κ1) is 12.6. The van der Waals surface area contributed by atoms with E-state index in [1.165, 1.54) is 6.33 Å². The lowest BCUT2D eigenvalue weighted by Gasteiger charge is -2.11. The van der Waals surface area contributed by atoms with Crippen LogP contribution < -0.4 is 5.32 Å². The maximum Gasteiger partial charge on any atom is 0.149 e. The quantitative estimate of drug-likeness (QED) is 0.817. The molecule has 88 valence electrons. The summed E-state index contributed by atoms with van der Waals surface area (Å²) in [4.78, 5) is 7.97. The van der Waals surface area contributed by atoms with Crippen molar-refractivity contribution in [3.63, 3.8) is 0 Å². The number of nitrogens with zero attached hydrogens (tertiary/aromatic N) is 2. The maximum atomic E-state index is 6.04. The molecule has 1 aromatic carbocycles. The van der Waals surface area contributed by atoms with Gasteiger partial charge >= 0.3 is 0 Å². The maximum absolute atomic E-state index is 6.04. The fourth-order valence-corrected chi connectivity index (χ4v) is 1.92. The number of anilines is 2. The first-order chi connectivity index (χ1) is 8.09. The molecule has 0 atom stereocenters. The third-order valence-electron chi connectivity index (χ3n) is 2.27. The number of benzene rings is 1. The predicted molar refractivity (Wildman–Crippen MR) is 74.2 cm³/mol. The van der Waals surface area contributed by atoms with Crippen LogP contribution in [0.4, 0.5) is 11.5 Å². The second-order valence-corrected chi connectivity index (χ2v) is 4.92. The van der Waals surface area contributed by atoms with Gasteiger partial charge in [0.25, 0.3) is 0 Å². The predicted octanol–water partition coefficient (Wildman–Crippen LogP) is 4.60. The number of nitrogens with one attached hydrogen (secondary N) is 1. The highest BCUT2D eigenvalue weighted by Gasteiger charge is 2.09. The summed E-state index contributed by atoms with van der Waals surface area (Å²) >= 11 is 15.3. The Balaban J connectivity index is 2.38. The Kier molecular flexibility index (Phi) is 3.86. The van der Waals surface area contributed by atoms with Crippen molar-refractivity contribution < 1.29 is 0 Å². The van der Waals surface area contributed by atoms with Gasteiger partial charge in [-0.1, -0.05) is 29.3 Å². The van der Waals surface area contributed by atoms with Crippen molar-refractivity contribution in [2.75, 3.05) is 5.32 Å². The van der Waals surface area contributed by atoms with E-state index in [-0.39, 0.29) is 0 Å². The molecule has 1 aromatic heterocycles. The van der Waals surface area contributed by atoms with Gasteiger partial charge in [0.1, 0.15) is 17.3 Å². The van der Waals surface area contributed by atoms with Crippen molar-refractivity contribution >= 4 is 50.6 Å². The molecule has 0 spiro atoms. The molecule has 2 rings (SSSR count). The average molecular weight is 333 g/mol. The highest BCUT2D eigenvalue weighted by molar-refractivity contribution is 9.10. The molecule has 0 bridgehead atoms. The third-order valence-corrected chi connectivity index (χ3v) is 3.94. The van der Waals surface area contributed by atoms with E-state index in [0.717, 1.165) is 11.3 Å². The number of hydrogen-bond donors (Lipinski definition) is 1. The fourth-order valence-electron chi connectivity index (χ4n) is 1.31. The van der Waals surface area contributed by atoms with Crippen LogP contribution in [0.1, 0.15) is 5.56 Å². The minimum Gasteiger partial charge on any atom is -0.339 e.